The largest absolute Gasteiger partial charge is 0.493 e. The molecule has 0 aliphatic rings. The van der Waals surface area contributed by atoms with Crippen LogP contribution in [0.3, 0.4) is 0 Å². The van der Waals surface area contributed by atoms with Crippen LogP contribution < -0.4 is 19.9 Å². The lowest BCUT2D eigenvalue weighted by atomic mass is 9.87. The fourth-order valence-electron chi connectivity index (χ4n) is 4.97. The summed E-state index contributed by atoms with van der Waals surface area (Å²) in [5.41, 5.74) is 13.1. The van der Waals surface area contributed by atoms with E-state index in [0.29, 0.717) is 48.8 Å². The molecule has 2 N–H and O–H groups in total. The zero-order valence-electron chi connectivity index (χ0n) is 24.5. The second kappa shape index (κ2) is 15.9. The number of hydrogen-bond acceptors (Lipinski definition) is 5. The molecule has 7 heteroatoms. The minimum Gasteiger partial charge on any atom is -0.493 e. The summed E-state index contributed by atoms with van der Waals surface area (Å²) in [5, 5.41) is 0.993. The molecular weight excluding hydrogens is 569 g/mol. The molecule has 0 aromatic heterocycles. The second-order valence-electron chi connectivity index (χ2n) is 10.3. The van der Waals surface area contributed by atoms with Gasteiger partial charge in [-0.3, -0.25) is 0 Å². The van der Waals surface area contributed by atoms with E-state index in [1.165, 1.54) is 16.7 Å². The predicted molar refractivity (Wildman–Crippen MR) is 173 cm³/mol. The van der Waals surface area contributed by atoms with Gasteiger partial charge in [-0.1, -0.05) is 71.7 Å². The van der Waals surface area contributed by atoms with Crippen molar-refractivity contribution in [3.05, 3.63) is 111 Å². The van der Waals surface area contributed by atoms with Crippen molar-refractivity contribution < 1.29 is 18.9 Å². The summed E-state index contributed by atoms with van der Waals surface area (Å²) in [6.07, 6.45) is 1.69. The standard InChI is InChI=1S/C35H39Cl2NO4/c1-24-19-32(36)35(33(37)20-24)42-18-17-40-29-12-9-26(10-13-29)22-28(23-38)30-14-11-27(21-25(30)2)31-7-4-5-8-34(31)41-16-6-15-39-3/h4-5,7-14,19-21,28H,6,15-18,22-23,38H2,1-3H3. The number of methoxy groups -OCH3 is 1. The molecule has 1 unspecified atom stereocenters. The fourth-order valence-corrected chi connectivity index (χ4v) is 5.68. The Morgan fingerprint density at radius 3 is 2.17 bits per heavy atom. The molecule has 4 aromatic carbocycles. The van der Waals surface area contributed by atoms with Crippen molar-refractivity contribution in [1.29, 1.82) is 0 Å². The summed E-state index contributed by atoms with van der Waals surface area (Å²) in [6.45, 7) is 6.65. The van der Waals surface area contributed by atoms with Gasteiger partial charge >= 0.3 is 0 Å². The maximum Gasteiger partial charge on any atom is 0.156 e. The van der Waals surface area contributed by atoms with Crippen molar-refractivity contribution in [3.63, 3.8) is 0 Å². The highest BCUT2D eigenvalue weighted by Crippen LogP contribution is 2.35. The summed E-state index contributed by atoms with van der Waals surface area (Å²) in [7, 11) is 1.70. The number of para-hydroxylation sites is 1. The van der Waals surface area contributed by atoms with E-state index in [0.717, 1.165) is 41.0 Å². The Balaban J connectivity index is 1.34. The van der Waals surface area contributed by atoms with Gasteiger partial charge in [0.1, 0.15) is 24.7 Å². The molecule has 222 valence electrons. The van der Waals surface area contributed by atoms with Crippen molar-refractivity contribution in [3.8, 4) is 28.4 Å². The van der Waals surface area contributed by atoms with Gasteiger partial charge in [-0.25, -0.2) is 0 Å². The van der Waals surface area contributed by atoms with Gasteiger partial charge in [0.05, 0.1) is 16.7 Å². The highest BCUT2D eigenvalue weighted by atomic mass is 35.5. The summed E-state index contributed by atoms with van der Waals surface area (Å²) >= 11 is 12.5. The summed E-state index contributed by atoms with van der Waals surface area (Å²) in [4.78, 5) is 0. The van der Waals surface area contributed by atoms with Crippen LogP contribution in [0.2, 0.25) is 10.0 Å². The summed E-state index contributed by atoms with van der Waals surface area (Å²) in [6, 6.07) is 26.6. The topological polar surface area (TPSA) is 62.9 Å². The third-order valence-corrected chi connectivity index (χ3v) is 7.65. The molecule has 42 heavy (non-hydrogen) atoms. The second-order valence-corrected chi connectivity index (χ2v) is 11.1. The first-order chi connectivity index (χ1) is 20.4. The number of rotatable bonds is 15. The van der Waals surface area contributed by atoms with Crippen LogP contribution in [-0.2, 0) is 11.2 Å². The van der Waals surface area contributed by atoms with E-state index < -0.39 is 0 Å². The van der Waals surface area contributed by atoms with Crippen LogP contribution in [-0.4, -0.2) is 40.1 Å². The van der Waals surface area contributed by atoms with Gasteiger partial charge in [0.15, 0.2) is 5.75 Å². The highest BCUT2D eigenvalue weighted by Gasteiger charge is 2.16. The van der Waals surface area contributed by atoms with E-state index in [-0.39, 0.29) is 5.92 Å². The molecule has 0 radical (unpaired) electrons. The Labute approximate surface area is 259 Å². The van der Waals surface area contributed by atoms with Gasteiger partial charge in [0.25, 0.3) is 0 Å². The van der Waals surface area contributed by atoms with Gasteiger partial charge in [0, 0.05) is 31.6 Å². The van der Waals surface area contributed by atoms with Gasteiger partial charge < -0.3 is 24.7 Å². The number of halogens is 2. The molecular formula is C35H39Cl2NO4. The van der Waals surface area contributed by atoms with E-state index in [4.69, 9.17) is 47.9 Å². The molecule has 1 atom stereocenters. The van der Waals surface area contributed by atoms with Gasteiger partial charge in [-0.15, -0.1) is 0 Å². The molecule has 4 rings (SSSR count). The van der Waals surface area contributed by atoms with Crippen LogP contribution in [0.25, 0.3) is 11.1 Å². The molecule has 0 spiro atoms. The maximum atomic E-state index is 6.28. The maximum absolute atomic E-state index is 6.28. The predicted octanol–water partition coefficient (Wildman–Crippen LogP) is 8.44. The van der Waals surface area contributed by atoms with Crippen molar-refractivity contribution in [2.75, 3.05) is 40.1 Å². The Bertz CT molecular complexity index is 1420. The minimum absolute atomic E-state index is 0.198. The Morgan fingerprint density at radius 1 is 0.762 bits per heavy atom. The number of aryl methyl sites for hydroxylation is 2. The summed E-state index contributed by atoms with van der Waals surface area (Å²) < 4.78 is 22.8. The molecule has 0 heterocycles. The monoisotopic (exact) mass is 607 g/mol. The molecule has 0 amide bonds. The molecule has 0 aliphatic carbocycles. The van der Waals surface area contributed by atoms with Gasteiger partial charge in [-0.2, -0.15) is 0 Å². The highest BCUT2D eigenvalue weighted by molar-refractivity contribution is 6.37. The molecule has 0 saturated carbocycles. The van der Waals surface area contributed by atoms with E-state index in [1.807, 2.05) is 49.4 Å². The molecule has 0 fully saturated rings. The SMILES string of the molecule is COCCCOc1ccccc1-c1ccc(C(CN)Cc2ccc(OCCOc3c(Cl)cc(C)cc3Cl)cc2)c(C)c1. The Morgan fingerprint density at radius 2 is 1.48 bits per heavy atom. The zero-order chi connectivity index (χ0) is 29.9. The van der Waals surface area contributed by atoms with Crippen molar-refractivity contribution in [2.45, 2.75) is 32.6 Å². The van der Waals surface area contributed by atoms with E-state index >= 15 is 0 Å². The average Bonchev–Trinajstić information content (AvgIpc) is 2.98. The van der Waals surface area contributed by atoms with E-state index in [9.17, 15) is 0 Å². The van der Waals surface area contributed by atoms with Crippen molar-refractivity contribution >= 4 is 23.2 Å². The molecule has 0 bridgehead atoms. The molecule has 4 aromatic rings. The van der Waals surface area contributed by atoms with E-state index in [1.54, 1.807) is 7.11 Å². The number of benzene rings is 4. The lowest BCUT2D eigenvalue weighted by Crippen LogP contribution is -2.16. The number of ether oxygens (including phenoxy) is 4. The van der Waals surface area contributed by atoms with Crippen LogP contribution >= 0.6 is 23.2 Å². The Hall–Kier alpha value is -3.22. The third kappa shape index (κ3) is 8.65. The fraction of sp³-hybridized carbons (Fsp3) is 0.314. The zero-order valence-corrected chi connectivity index (χ0v) is 26.0. The van der Waals surface area contributed by atoms with Crippen molar-refractivity contribution in [2.24, 2.45) is 5.73 Å². The first-order valence-corrected chi connectivity index (χ1v) is 15.0. The van der Waals surface area contributed by atoms with Crippen LogP contribution in [0.1, 0.15) is 34.6 Å². The summed E-state index contributed by atoms with van der Waals surface area (Å²) in [5.74, 6) is 2.34. The third-order valence-electron chi connectivity index (χ3n) is 7.09. The van der Waals surface area contributed by atoms with E-state index in [2.05, 4.69) is 43.3 Å². The first kappa shape index (κ1) is 31.7. The lowest BCUT2D eigenvalue weighted by Gasteiger charge is -2.20. The smallest absolute Gasteiger partial charge is 0.156 e. The quantitative estimate of drug-likeness (QED) is 0.137. The van der Waals surface area contributed by atoms with Crippen LogP contribution in [0.15, 0.2) is 78.9 Å². The lowest BCUT2D eigenvalue weighted by molar-refractivity contribution is 0.172. The number of hydrogen-bond donors (Lipinski definition) is 1. The van der Waals surface area contributed by atoms with Crippen LogP contribution in [0.5, 0.6) is 17.2 Å². The van der Waals surface area contributed by atoms with Crippen LogP contribution in [0.4, 0.5) is 0 Å². The normalized spacial score (nSPS) is 11.8. The van der Waals surface area contributed by atoms with Gasteiger partial charge in [-0.05, 0) is 85.0 Å². The van der Waals surface area contributed by atoms with Crippen molar-refractivity contribution in [1.82, 2.24) is 0 Å². The average molecular weight is 609 g/mol. The van der Waals surface area contributed by atoms with Gasteiger partial charge in [0.2, 0.25) is 0 Å². The molecule has 5 nitrogen and oxygen atoms in total. The first-order valence-electron chi connectivity index (χ1n) is 14.2. The molecule has 0 aliphatic heterocycles. The van der Waals surface area contributed by atoms with Crippen LogP contribution in [0, 0.1) is 13.8 Å². The minimum atomic E-state index is 0.198. The molecule has 0 saturated heterocycles. The Kier molecular flexibility index (Phi) is 12.0. The number of nitrogens with two attached hydrogens (primary N) is 1.